The molecule has 5 nitrogen and oxygen atoms in total. The molecule has 3 aliphatic carbocycles. The molecule has 1 aromatic carbocycles. The Bertz CT molecular complexity index is 1250. The van der Waals surface area contributed by atoms with Crippen LogP contribution in [0.1, 0.15) is 51.0 Å². The molecule has 9 heteroatoms. The van der Waals surface area contributed by atoms with E-state index in [2.05, 4.69) is 21.1 Å². The molecule has 1 saturated heterocycles. The maximum Gasteiger partial charge on any atom is 0.418 e. The molecule has 1 spiro atoms. The van der Waals surface area contributed by atoms with Crippen molar-refractivity contribution in [3.05, 3.63) is 35.9 Å². The molecule has 37 heavy (non-hydrogen) atoms. The third-order valence-corrected chi connectivity index (χ3v) is 10.4. The minimum Gasteiger partial charge on any atom is -0.396 e. The average molecular weight is 532 g/mol. The summed E-state index contributed by atoms with van der Waals surface area (Å²) in [5, 5.41) is 12.5. The lowest BCUT2D eigenvalue weighted by Gasteiger charge is -2.45. The van der Waals surface area contributed by atoms with E-state index in [1.54, 1.807) is 6.07 Å². The van der Waals surface area contributed by atoms with Crippen molar-refractivity contribution in [3.63, 3.8) is 0 Å². The minimum absolute atomic E-state index is 0.0474. The van der Waals surface area contributed by atoms with Gasteiger partial charge in [-0.15, -0.1) is 0 Å². The number of alkyl halides is 3. The van der Waals surface area contributed by atoms with Crippen molar-refractivity contribution >= 4 is 45.2 Å². The highest BCUT2D eigenvalue weighted by Crippen LogP contribution is 2.65. The van der Waals surface area contributed by atoms with E-state index >= 15 is 0 Å². The molecule has 7 unspecified atom stereocenters. The summed E-state index contributed by atoms with van der Waals surface area (Å²) in [5.41, 5.74) is -0.953. The fraction of sp³-hybridized carbons (Fsp3) is 0.571. The zero-order valence-corrected chi connectivity index (χ0v) is 21.6. The van der Waals surface area contributed by atoms with Crippen LogP contribution in [-0.4, -0.2) is 51.7 Å². The zero-order valence-electron chi connectivity index (χ0n) is 20.8. The van der Waals surface area contributed by atoms with Crippen LogP contribution in [0, 0.1) is 23.7 Å². The number of nitrogens with zero attached hydrogens (tertiary/aromatic N) is 2. The second-order valence-electron chi connectivity index (χ2n) is 11.4. The second kappa shape index (κ2) is 8.56. The lowest BCUT2D eigenvalue weighted by atomic mass is 9.66. The van der Waals surface area contributed by atoms with Crippen molar-refractivity contribution in [1.29, 1.82) is 0 Å². The van der Waals surface area contributed by atoms with Crippen molar-refractivity contribution < 1.29 is 23.1 Å². The first-order chi connectivity index (χ1) is 17.6. The maximum atomic E-state index is 14.2. The van der Waals surface area contributed by atoms with Gasteiger partial charge in [0, 0.05) is 28.6 Å². The van der Waals surface area contributed by atoms with Gasteiger partial charge in [0.25, 0.3) is 0 Å². The van der Waals surface area contributed by atoms with Gasteiger partial charge in [-0.1, -0.05) is 18.6 Å². The van der Waals surface area contributed by atoms with Crippen LogP contribution < -0.4 is 10.2 Å². The Balaban J connectivity index is 1.29. The Morgan fingerprint density at radius 3 is 2.86 bits per heavy atom. The number of hydrogen-bond donors (Lipinski definition) is 2. The molecular weight excluding hydrogens is 499 g/mol. The number of carbonyl (C=O) groups is 1. The minimum atomic E-state index is -4.61. The van der Waals surface area contributed by atoms with Gasteiger partial charge in [-0.05, 0) is 69.0 Å². The van der Waals surface area contributed by atoms with E-state index in [-0.39, 0.29) is 29.7 Å². The number of amides is 1. The molecule has 0 aromatic heterocycles. The first kappa shape index (κ1) is 24.9. The molecule has 198 valence electrons. The molecule has 7 atom stereocenters. The average Bonchev–Trinajstić information content (AvgIpc) is 3.12. The molecule has 2 N–H and O–H groups in total. The van der Waals surface area contributed by atoms with Crippen molar-refractivity contribution in [2.75, 3.05) is 16.8 Å². The summed E-state index contributed by atoms with van der Waals surface area (Å²) in [6.45, 7) is 1.87. The van der Waals surface area contributed by atoms with Crippen LogP contribution in [0.15, 0.2) is 35.3 Å². The first-order valence-electron chi connectivity index (χ1n) is 13.1. The summed E-state index contributed by atoms with van der Waals surface area (Å²) in [6, 6.07) is 4.66. The van der Waals surface area contributed by atoms with E-state index in [1.807, 2.05) is 19.1 Å². The Morgan fingerprint density at radius 2 is 2.14 bits per heavy atom. The number of rotatable bonds is 4. The number of halogens is 3. The predicted octanol–water partition coefficient (Wildman–Crippen LogP) is 5.15. The number of benzene rings is 1. The predicted molar refractivity (Wildman–Crippen MR) is 144 cm³/mol. The van der Waals surface area contributed by atoms with Gasteiger partial charge < -0.3 is 15.3 Å². The first-order valence-corrected chi connectivity index (χ1v) is 14.1. The van der Waals surface area contributed by atoms with Crippen molar-refractivity contribution in [1.82, 2.24) is 0 Å². The fourth-order valence-electron chi connectivity index (χ4n) is 7.93. The van der Waals surface area contributed by atoms with Gasteiger partial charge in [0.1, 0.15) is 5.92 Å². The number of piperidine rings is 1. The molecule has 0 radical (unpaired) electrons. The van der Waals surface area contributed by atoms with Gasteiger partial charge in [0.15, 0.2) is 0 Å². The fourth-order valence-corrected chi connectivity index (χ4v) is 8.88. The summed E-state index contributed by atoms with van der Waals surface area (Å²) in [6.07, 6.45) is 7.04. The van der Waals surface area contributed by atoms with Crippen LogP contribution in [0.25, 0.3) is 0 Å². The quantitative estimate of drug-likeness (QED) is 0.321. The van der Waals surface area contributed by atoms with Crippen molar-refractivity contribution in [2.45, 2.75) is 68.7 Å². The number of fused-ring (bicyclic) bond motifs is 1. The van der Waals surface area contributed by atoms with Gasteiger partial charge in [-0.2, -0.15) is 24.1 Å². The summed E-state index contributed by atoms with van der Waals surface area (Å²) >= 11 is 0. The Morgan fingerprint density at radius 1 is 1.32 bits per heavy atom. The molecular formula is C28H32F3N3O2S. The molecule has 0 bridgehead atoms. The zero-order chi connectivity index (χ0) is 26.2. The highest BCUT2D eigenvalue weighted by Gasteiger charge is 2.70. The highest BCUT2D eigenvalue weighted by molar-refractivity contribution is 7.96. The molecule has 3 fully saturated rings. The number of carbonyl (C=O) groups excluding carboxylic acids is 1. The molecule has 2 saturated carbocycles. The molecule has 1 aromatic rings. The van der Waals surface area contributed by atoms with Crippen LogP contribution in [-0.2, 0) is 11.0 Å². The monoisotopic (exact) mass is 531 g/mol. The number of aliphatic imine (C=N–C) groups is 1. The normalized spacial score (nSPS) is 37.7. The van der Waals surface area contributed by atoms with Crippen LogP contribution >= 0.6 is 10.9 Å². The van der Waals surface area contributed by atoms with E-state index in [0.717, 1.165) is 25.7 Å². The topological polar surface area (TPSA) is 64.7 Å². The summed E-state index contributed by atoms with van der Waals surface area (Å²) in [5.74, 6) is 2.63. The number of anilines is 2. The smallest absolute Gasteiger partial charge is 0.396 e. The SMILES string of the molecule is C=S=C1C(C(=O)Nc2ccc(N3C4CCC5CCCC543)cc2C(F)(F)F)C=NC2(C)CC=CC(CO)C12. The molecule has 2 heterocycles. The summed E-state index contributed by atoms with van der Waals surface area (Å²) < 4.78 is 42.7. The van der Waals surface area contributed by atoms with Crippen molar-refractivity contribution in [2.24, 2.45) is 28.7 Å². The Hall–Kier alpha value is -2.39. The van der Waals surface area contributed by atoms with Gasteiger partial charge in [0.05, 0.1) is 35.0 Å². The van der Waals surface area contributed by atoms with Gasteiger partial charge in [0.2, 0.25) is 5.91 Å². The van der Waals surface area contributed by atoms with Crippen LogP contribution in [0.2, 0.25) is 0 Å². The standard InChI is InChI=1S/C28H32F3N3O2S/c1-26-11-3-5-16(15-35)23(26)24(37-2)19(14-32-26)25(36)33-21-9-8-18(13-20(21)28(29,30)31)34-22-10-7-17-6-4-12-27(17,22)34/h3,5,8-9,13-14,16-17,19,22-23,35H,2,4,6-7,10-12,15H2,1H3,(H,33,36). The van der Waals surface area contributed by atoms with E-state index in [1.165, 1.54) is 35.7 Å². The summed E-state index contributed by atoms with van der Waals surface area (Å²) in [4.78, 5) is 21.0. The van der Waals surface area contributed by atoms with Crippen molar-refractivity contribution in [3.8, 4) is 0 Å². The largest absolute Gasteiger partial charge is 0.418 e. The second-order valence-corrected chi connectivity index (χ2v) is 12.1. The number of hydrogen-bond acceptors (Lipinski definition) is 4. The van der Waals surface area contributed by atoms with Gasteiger partial charge >= 0.3 is 6.18 Å². The van der Waals surface area contributed by atoms with E-state index < -0.39 is 29.1 Å². The Labute approximate surface area is 218 Å². The lowest BCUT2D eigenvalue weighted by molar-refractivity contribution is -0.136. The number of nitrogens with one attached hydrogen (secondary N) is 1. The molecule has 6 rings (SSSR count). The maximum absolute atomic E-state index is 14.2. The summed E-state index contributed by atoms with van der Waals surface area (Å²) in [7, 11) is 1.18. The Kier molecular flexibility index (Phi) is 5.77. The number of aliphatic hydroxyl groups excluding tert-OH is 1. The molecule has 2 aliphatic heterocycles. The van der Waals surface area contributed by atoms with Crippen LogP contribution in [0.4, 0.5) is 24.5 Å². The highest BCUT2D eigenvalue weighted by atomic mass is 32.1. The van der Waals surface area contributed by atoms with E-state index in [9.17, 15) is 23.1 Å². The van der Waals surface area contributed by atoms with Gasteiger partial charge in [-0.3, -0.25) is 9.79 Å². The van der Waals surface area contributed by atoms with Crippen LogP contribution in [0.5, 0.6) is 0 Å². The molecule has 5 aliphatic rings. The third-order valence-electron chi connectivity index (χ3n) is 9.54. The third kappa shape index (κ3) is 3.67. The van der Waals surface area contributed by atoms with E-state index in [4.69, 9.17) is 0 Å². The van der Waals surface area contributed by atoms with Gasteiger partial charge in [-0.25, -0.2) is 0 Å². The van der Waals surface area contributed by atoms with Crippen LogP contribution in [0.3, 0.4) is 0 Å². The van der Waals surface area contributed by atoms with E-state index in [0.29, 0.717) is 28.9 Å². The number of aliphatic hydroxyl groups is 1. The molecule has 1 amide bonds. The lowest BCUT2D eigenvalue weighted by Crippen LogP contribution is -2.52.